The summed E-state index contributed by atoms with van der Waals surface area (Å²) < 4.78 is 0. The topological polar surface area (TPSA) is 74.8 Å². The highest BCUT2D eigenvalue weighted by Crippen LogP contribution is 2.20. The molecule has 0 unspecified atom stereocenters. The van der Waals surface area contributed by atoms with Gasteiger partial charge >= 0.3 is 0 Å². The van der Waals surface area contributed by atoms with Crippen LogP contribution in [0.3, 0.4) is 0 Å². The van der Waals surface area contributed by atoms with Crippen molar-refractivity contribution in [3.8, 4) is 0 Å². The summed E-state index contributed by atoms with van der Waals surface area (Å²) in [4.78, 5) is 48.0. The minimum Gasteiger partial charge on any atom is -0.275 e. The first-order valence-electron chi connectivity index (χ1n) is 5.10. The van der Waals surface area contributed by atoms with Crippen LogP contribution < -0.4 is 0 Å². The van der Waals surface area contributed by atoms with Gasteiger partial charge in [0.05, 0.1) is 0 Å². The number of allylic oxidation sites excluding steroid dienone is 1. The Morgan fingerprint density at radius 3 is 1.88 bits per heavy atom. The van der Waals surface area contributed by atoms with Crippen LogP contribution in [-0.4, -0.2) is 40.0 Å². The van der Waals surface area contributed by atoms with Gasteiger partial charge in [-0.1, -0.05) is 0 Å². The zero-order valence-corrected chi connectivity index (χ0v) is 10.2. The highest BCUT2D eigenvalue weighted by Gasteiger charge is 2.39. The number of piperazine rings is 1. The molecule has 0 atom stereocenters. The average Bonchev–Trinajstić information content (AvgIpc) is 2.18. The summed E-state index contributed by atoms with van der Waals surface area (Å²) in [6.07, 6.45) is 0. The van der Waals surface area contributed by atoms with E-state index in [0.29, 0.717) is 5.57 Å². The van der Waals surface area contributed by atoms with Gasteiger partial charge in [0.2, 0.25) is 11.8 Å². The van der Waals surface area contributed by atoms with Crippen LogP contribution in [0.2, 0.25) is 0 Å². The average molecular weight is 238 g/mol. The maximum absolute atomic E-state index is 12.0. The molecule has 1 fully saturated rings. The Morgan fingerprint density at radius 1 is 1.00 bits per heavy atom. The monoisotopic (exact) mass is 238 g/mol. The molecule has 0 aromatic carbocycles. The van der Waals surface area contributed by atoms with E-state index in [9.17, 15) is 19.2 Å². The lowest BCUT2D eigenvalue weighted by Crippen LogP contribution is -2.55. The van der Waals surface area contributed by atoms with Crippen LogP contribution in [0.15, 0.2) is 11.3 Å². The van der Waals surface area contributed by atoms with Crippen molar-refractivity contribution in [2.75, 3.05) is 6.54 Å². The highest BCUT2D eigenvalue weighted by atomic mass is 16.2. The summed E-state index contributed by atoms with van der Waals surface area (Å²) in [5.41, 5.74) is 0.494. The lowest BCUT2D eigenvalue weighted by atomic mass is 10.1. The minimum atomic E-state index is -0.604. The van der Waals surface area contributed by atoms with E-state index in [2.05, 4.69) is 0 Å². The highest BCUT2D eigenvalue weighted by molar-refractivity contribution is 6.15. The molecule has 0 aromatic heterocycles. The largest absolute Gasteiger partial charge is 0.278 e. The third-order valence-electron chi connectivity index (χ3n) is 2.38. The molecule has 0 radical (unpaired) electrons. The van der Waals surface area contributed by atoms with E-state index in [1.165, 1.54) is 13.8 Å². The Bertz CT molecular complexity index is 446. The molecule has 6 heteroatoms. The summed E-state index contributed by atoms with van der Waals surface area (Å²) in [7, 11) is 0. The fraction of sp³-hybridized carbons (Fsp3) is 0.455. The zero-order valence-electron chi connectivity index (χ0n) is 10.2. The number of imide groups is 2. The summed E-state index contributed by atoms with van der Waals surface area (Å²) in [5, 5.41) is 0. The number of rotatable bonds is 0. The normalized spacial score (nSPS) is 16.4. The molecule has 1 aliphatic heterocycles. The van der Waals surface area contributed by atoms with Crippen LogP contribution in [0, 0.1) is 0 Å². The summed E-state index contributed by atoms with van der Waals surface area (Å²) in [6.45, 7) is 5.25. The molecule has 4 amide bonds. The molecular weight excluding hydrogens is 224 g/mol. The first kappa shape index (κ1) is 13.1. The smallest absolute Gasteiger partial charge is 0.275 e. The summed E-state index contributed by atoms with van der Waals surface area (Å²) >= 11 is 0. The van der Waals surface area contributed by atoms with Crippen LogP contribution in [0.4, 0.5) is 0 Å². The molecule has 0 aliphatic carbocycles. The number of carbonyl (C=O) groups is 4. The zero-order chi connectivity index (χ0) is 13.3. The molecule has 0 aromatic rings. The van der Waals surface area contributed by atoms with E-state index < -0.39 is 23.6 Å². The second kappa shape index (κ2) is 4.48. The number of amides is 4. The number of hydrogen-bond donors (Lipinski definition) is 0. The fourth-order valence-corrected chi connectivity index (χ4v) is 1.65. The van der Waals surface area contributed by atoms with Crippen LogP contribution in [0.5, 0.6) is 0 Å². The fourth-order valence-electron chi connectivity index (χ4n) is 1.65. The van der Waals surface area contributed by atoms with Crippen LogP contribution in [-0.2, 0) is 19.2 Å². The van der Waals surface area contributed by atoms with Crippen molar-refractivity contribution in [2.45, 2.75) is 27.7 Å². The van der Waals surface area contributed by atoms with Gasteiger partial charge in [-0.25, -0.2) is 4.90 Å². The predicted molar refractivity (Wildman–Crippen MR) is 58.3 cm³/mol. The standard InChI is InChI=1S/C11H14N2O4/c1-6(2)10-11(17)12(7(3)14)5-9(16)13(10)8(4)15/h5H2,1-4H3. The molecule has 92 valence electrons. The van der Waals surface area contributed by atoms with Gasteiger partial charge in [-0.15, -0.1) is 0 Å². The number of nitrogens with zero attached hydrogens (tertiary/aromatic N) is 2. The molecule has 6 nitrogen and oxygen atoms in total. The van der Waals surface area contributed by atoms with Gasteiger partial charge in [-0.05, 0) is 19.4 Å². The second-order valence-electron chi connectivity index (χ2n) is 4.01. The molecule has 1 saturated heterocycles. The number of carbonyl (C=O) groups excluding carboxylic acids is 4. The van der Waals surface area contributed by atoms with Gasteiger partial charge in [0.15, 0.2) is 0 Å². The molecule has 1 aliphatic rings. The summed E-state index contributed by atoms with van der Waals surface area (Å²) in [5.74, 6) is -2.20. The molecule has 0 N–H and O–H groups in total. The third kappa shape index (κ3) is 2.25. The van der Waals surface area contributed by atoms with Crippen molar-refractivity contribution in [1.82, 2.24) is 9.80 Å². The maximum Gasteiger partial charge on any atom is 0.278 e. The SMILES string of the molecule is CC(=O)N1CC(=O)N(C(C)=O)C(=C(C)C)C1=O. The Hall–Kier alpha value is -1.98. The first-order valence-corrected chi connectivity index (χ1v) is 5.10. The van der Waals surface area contributed by atoms with Gasteiger partial charge in [-0.3, -0.25) is 24.1 Å². The van der Waals surface area contributed by atoms with Crippen molar-refractivity contribution in [3.05, 3.63) is 11.3 Å². The molecule has 0 saturated carbocycles. The van der Waals surface area contributed by atoms with Gasteiger partial charge < -0.3 is 0 Å². The van der Waals surface area contributed by atoms with Gasteiger partial charge in [-0.2, -0.15) is 0 Å². The van der Waals surface area contributed by atoms with Crippen LogP contribution in [0.1, 0.15) is 27.7 Å². The van der Waals surface area contributed by atoms with Gasteiger partial charge in [0.1, 0.15) is 12.2 Å². The van der Waals surface area contributed by atoms with Crippen LogP contribution >= 0.6 is 0 Å². The van der Waals surface area contributed by atoms with E-state index in [1.807, 2.05) is 0 Å². The quantitative estimate of drug-likeness (QED) is 0.558. The number of hydrogen-bond acceptors (Lipinski definition) is 4. The van der Waals surface area contributed by atoms with E-state index in [0.717, 1.165) is 9.80 Å². The lowest BCUT2D eigenvalue weighted by Gasteiger charge is -2.33. The van der Waals surface area contributed by atoms with E-state index in [-0.39, 0.29) is 12.2 Å². The van der Waals surface area contributed by atoms with Crippen LogP contribution in [0.25, 0.3) is 0 Å². The molecule has 1 rings (SSSR count). The third-order valence-corrected chi connectivity index (χ3v) is 2.38. The van der Waals surface area contributed by atoms with Crippen molar-refractivity contribution < 1.29 is 19.2 Å². The maximum atomic E-state index is 12.0. The van der Waals surface area contributed by atoms with E-state index >= 15 is 0 Å². The molecule has 17 heavy (non-hydrogen) atoms. The van der Waals surface area contributed by atoms with Crippen molar-refractivity contribution >= 4 is 23.6 Å². The Morgan fingerprint density at radius 2 is 1.53 bits per heavy atom. The van der Waals surface area contributed by atoms with Gasteiger partial charge in [0, 0.05) is 13.8 Å². The minimum absolute atomic E-state index is 0.0241. The van der Waals surface area contributed by atoms with E-state index in [4.69, 9.17) is 0 Å². The molecular formula is C11H14N2O4. The molecule has 0 spiro atoms. The Balaban J connectivity index is 3.31. The van der Waals surface area contributed by atoms with Crippen molar-refractivity contribution in [3.63, 3.8) is 0 Å². The first-order chi connectivity index (χ1) is 7.77. The summed E-state index contributed by atoms with van der Waals surface area (Å²) in [6, 6.07) is 0. The molecule has 0 bridgehead atoms. The Kier molecular flexibility index (Phi) is 3.45. The van der Waals surface area contributed by atoms with Crippen molar-refractivity contribution in [1.29, 1.82) is 0 Å². The van der Waals surface area contributed by atoms with E-state index in [1.54, 1.807) is 13.8 Å². The lowest BCUT2D eigenvalue weighted by molar-refractivity contribution is -0.157. The van der Waals surface area contributed by atoms with Crippen molar-refractivity contribution in [2.24, 2.45) is 0 Å². The predicted octanol–water partition coefficient (Wildman–Crippen LogP) is 0.0441. The molecule has 1 heterocycles. The second-order valence-corrected chi connectivity index (χ2v) is 4.01. The Labute approximate surface area is 98.9 Å². The van der Waals surface area contributed by atoms with Gasteiger partial charge in [0.25, 0.3) is 11.8 Å².